The molecule has 1 atom stereocenters. The Bertz CT molecular complexity index is 647. The maximum Gasteiger partial charge on any atom is 0.277 e. The molecule has 4 nitrogen and oxygen atoms in total. The number of halogens is 4. The third-order valence-corrected chi connectivity index (χ3v) is 2.84. The van der Waals surface area contributed by atoms with Gasteiger partial charge in [0.25, 0.3) is 12.0 Å². The highest BCUT2D eigenvalue weighted by Crippen LogP contribution is 2.28. The summed E-state index contributed by atoms with van der Waals surface area (Å²) in [4.78, 5) is 17.9. The average molecular weight is 337 g/mol. The molecule has 0 saturated carbocycles. The number of aromatic amines is 1. The van der Waals surface area contributed by atoms with Crippen molar-refractivity contribution in [3.05, 3.63) is 33.3 Å². The summed E-state index contributed by atoms with van der Waals surface area (Å²) in [6.45, 7) is -1.36. The highest BCUT2D eigenvalue weighted by molar-refractivity contribution is 9.10. The van der Waals surface area contributed by atoms with Gasteiger partial charge in [-0.15, -0.1) is 0 Å². The van der Waals surface area contributed by atoms with Gasteiger partial charge in [-0.3, -0.25) is 4.79 Å². The van der Waals surface area contributed by atoms with Gasteiger partial charge in [-0.1, -0.05) is 15.9 Å². The number of aromatic nitrogens is 2. The van der Waals surface area contributed by atoms with Crippen LogP contribution in [0.5, 0.6) is 5.75 Å². The van der Waals surface area contributed by atoms with Crippen molar-refractivity contribution >= 4 is 26.8 Å². The summed E-state index contributed by atoms with van der Waals surface area (Å²) < 4.78 is 42.9. The molecule has 1 unspecified atom stereocenters. The monoisotopic (exact) mass is 336 g/mol. The van der Waals surface area contributed by atoms with Crippen LogP contribution in [0.1, 0.15) is 0 Å². The fourth-order valence-electron chi connectivity index (χ4n) is 1.54. The Labute approximate surface area is 113 Å². The first-order valence-corrected chi connectivity index (χ1v) is 6.00. The molecule has 8 heteroatoms. The van der Waals surface area contributed by atoms with Crippen molar-refractivity contribution in [2.75, 3.05) is 6.67 Å². The van der Waals surface area contributed by atoms with Crippen molar-refractivity contribution < 1.29 is 17.9 Å². The largest absolute Gasteiger partial charge is 0.481 e. The second-order valence-corrected chi connectivity index (χ2v) is 4.59. The van der Waals surface area contributed by atoms with Gasteiger partial charge in [-0.2, -0.15) is 0 Å². The van der Waals surface area contributed by atoms with E-state index in [1.54, 1.807) is 0 Å². The minimum atomic E-state index is -2.99. The van der Waals surface area contributed by atoms with Crippen LogP contribution in [0.2, 0.25) is 0 Å². The Kier molecular flexibility index (Phi) is 4.08. The molecule has 0 bridgehead atoms. The van der Waals surface area contributed by atoms with Crippen LogP contribution in [0.4, 0.5) is 13.2 Å². The number of hydrogen-bond acceptors (Lipinski definition) is 3. The number of alkyl halides is 3. The predicted octanol–water partition coefficient (Wildman–Crippen LogP) is 2.67. The first-order valence-electron chi connectivity index (χ1n) is 5.20. The summed E-state index contributed by atoms with van der Waals surface area (Å²) in [6.07, 6.45) is -3.73. The van der Waals surface area contributed by atoms with Gasteiger partial charge in [-0.25, -0.2) is 18.2 Å². The smallest absolute Gasteiger partial charge is 0.277 e. The Hall–Kier alpha value is -1.57. The molecular formula is C11H8BrF3N2O2. The highest BCUT2D eigenvalue weighted by Gasteiger charge is 2.24. The van der Waals surface area contributed by atoms with E-state index in [2.05, 4.69) is 25.9 Å². The Morgan fingerprint density at radius 1 is 1.42 bits per heavy atom. The lowest BCUT2D eigenvalue weighted by Gasteiger charge is -2.16. The lowest BCUT2D eigenvalue weighted by atomic mass is 10.2. The van der Waals surface area contributed by atoms with Gasteiger partial charge < -0.3 is 9.72 Å². The van der Waals surface area contributed by atoms with E-state index in [4.69, 9.17) is 4.74 Å². The summed E-state index contributed by atoms with van der Waals surface area (Å²) >= 11 is 3.14. The van der Waals surface area contributed by atoms with Crippen LogP contribution >= 0.6 is 15.9 Å². The topological polar surface area (TPSA) is 55.0 Å². The zero-order valence-corrected chi connectivity index (χ0v) is 11.0. The number of rotatable bonds is 4. The van der Waals surface area contributed by atoms with Crippen molar-refractivity contribution in [2.45, 2.75) is 12.5 Å². The molecule has 2 rings (SSSR count). The van der Waals surface area contributed by atoms with Crippen LogP contribution in [0, 0.1) is 0 Å². The van der Waals surface area contributed by atoms with Crippen molar-refractivity contribution in [2.24, 2.45) is 0 Å². The third-order valence-electron chi connectivity index (χ3n) is 2.38. The summed E-state index contributed by atoms with van der Waals surface area (Å²) in [5.74, 6) is -0.137. The lowest BCUT2D eigenvalue weighted by Crippen LogP contribution is -2.28. The molecule has 0 radical (unpaired) electrons. The van der Waals surface area contributed by atoms with Gasteiger partial charge >= 0.3 is 0 Å². The molecule has 1 heterocycles. The van der Waals surface area contributed by atoms with Crippen molar-refractivity contribution in [3.63, 3.8) is 0 Å². The molecular weight excluding hydrogens is 329 g/mol. The zero-order chi connectivity index (χ0) is 14.0. The number of nitrogens with one attached hydrogen (secondary N) is 1. The van der Waals surface area contributed by atoms with Crippen LogP contribution in [-0.2, 0) is 0 Å². The molecule has 0 amide bonds. The van der Waals surface area contributed by atoms with Crippen LogP contribution in [0.15, 0.2) is 27.7 Å². The maximum atomic E-state index is 12.5. The predicted molar refractivity (Wildman–Crippen MR) is 66.5 cm³/mol. The molecule has 0 aliphatic heterocycles. The average Bonchev–Trinajstić information content (AvgIpc) is 2.34. The SMILES string of the molecule is O=c1[nH]cnc2cc(Br)cc(OC(CF)C(F)F)c12. The van der Waals surface area contributed by atoms with Gasteiger partial charge in [0, 0.05) is 4.47 Å². The fourth-order valence-corrected chi connectivity index (χ4v) is 1.96. The number of nitrogens with zero attached hydrogens (tertiary/aromatic N) is 1. The molecule has 19 heavy (non-hydrogen) atoms. The molecule has 0 aliphatic carbocycles. The Morgan fingerprint density at radius 2 is 2.16 bits per heavy atom. The maximum absolute atomic E-state index is 12.5. The van der Waals surface area contributed by atoms with Crippen molar-refractivity contribution in [3.8, 4) is 5.75 Å². The molecule has 0 saturated heterocycles. The zero-order valence-electron chi connectivity index (χ0n) is 9.37. The van der Waals surface area contributed by atoms with Crippen LogP contribution in [0.3, 0.4) is 0 Å². The molecule has 102 valence electrons. The molecule has 0 fully saturated rings. The van der Waals surface area contributed by atoms with E-state index in [-0.39, 0.29) is 16.7 Å². The van der Waals surface area contributed by atoms with Crippen LogP contribution in [-0.4, -0.2) is 29.2 Å². The first-order chi connectivity index (χ1) is 9.02. The van der Waals surface area contributed by atoms with E-state index in [1.165, 1.54) is 18.5 Å². The number of hydrogen-bond donors (Lipinski definition) is 1. The molecule has 2 aromatic rings. The van der Waals surface area contributed by atoms with E-state index < -0.39 is 24.8 Å². The number of H-pyrrole nitrogens is 1. The lowest BCUT2D eigenvalue weighted by molar-refractivity contribution is -0.000433. The van der Waals surface area contributed by atoms with Crippen molar-refractivity contribution in [1.29, 1.82) is 0 Å². The highest BCUT2D eigenvalue weighted by atomic mass is 79.9. The molecule has 1 aromatic heterocycles. The molecule has 1 N–H and O–H groups in total. The first kappa shape index (κ1) is 13.9. The Morgan fingerprint density at radius 3 is 2.79 bits per heavy atom. The summed E-state index contributed by atoms with van der Waals surface area (Å²) in [7, 11) is 0. The normalized spacial score (nSPS) is 12.9. The minimum absolute atomic E-state index is 0.00444. The summed E-state index contributed by atoms with van der Waals surface area (Å²) in [5, 5.41) is 0.00444. The number of benzene rings is 1. The number of fused-ring (bicyclic) bond motifs is 1. The van der Waals surface area contributed by atoms with E-state index in [0.717, 1.165) is 0 Å². The molecule has 1 aromatic carbocycles. The second kappa shape index (κ2) is 5.60. The third kappa shape index (κ3) is 2.89. The van der Waals surface area contributed by atoms with Crippen molar-refractivity contribution in [1.82, 2.24) is 9.97 Å². The number of ether oxygens (including phenoxy) is 1. The van der Waals surface area contributed by atoms with Gasteiger partial charge in [0.15, 0.2) is 6.10 Å². The standard InChI is InChI=1S/C11H8BrF3N2O2/c12-5-1-6-9(11(18)17-4-16-6)7(2-5)19-8(3-13)10(14)15/h1-2,4,8,10H,3H2,(H,16,17,18). The van der Waals surface area contributed by atoms with Gasteiger partial charge in [0.2, 0.25) is 0 Å². The van der Waals surface area contributed by atoms with Gasteiger partial charge in [0.05, 0.1) is 11.8 Å². The van der Waals surface area contributed by atoms with Crippen LogP contribution in [0.25, 0.3) is 10.9 Å². The Balaban J connectivity index is 2.56. The van der Waals surface area contributed by atoms with E-state index in [0.29, 0.717) is 4.47 Å². The van der Waals surface area contributed by atoms with Gasteiger partial charge in [0.1, 0.15) is 17.8 Å². The van der Waals surface area contributed by atoms with E-state index >= 15 is 0 Å². The molecule has 0 spiro atoms. The van der Waals surface area contributed by atoms with Crippen LogP contribution < -0.4 is 10.3 Å². The minimum Gasteiger partial charge on any atom is -0.481 e. The summed E-state index contributed by atoms with van der Waals surface area (Å²) in [5.41, 5.74) is -0.278. The van der Waals surface area contributed by atoms with E-state index in [1.807, 2.05) is 0 Å². The van der Waals surface area contributed by atoms with Gasteiger partial charge in [-0.05, 0) is 12.1 Å². The second-order valence-electron chi connectivity index (χ2n) is 3.67. The molecule has 0 aliphatic rings. The van der Waals surface area contributed by atoms with E-state index in [9.17, 15) is 18.0 Å². The quantitative estimate of drug-likeness (QED) is 0.933. The summed E-state index contributed by atoms with van der Waals surface area (Å²) in [6, 6.07) is 2.86. The fraction of sp³-hybridized carbons (Fsp3) is 0.273.